The number of hydrogen-bond acceptors (Lipinski definition) is 0. The van der Waals surface area contributed by atoms with Gasteiger partial charge in [0.15, 0.2) is 0 Å². The van der Waals surface area contributed by atoms with Crippen LogP contribution in [0.4, 0.5) is 26.3 Å². The molecular weight excluding hydrogens is 190 g/mol. The monoisotopic (exact) mass is 197 g/mol. The molecular formula is C5H7F6O+. The Morgan fingerprint density at radius 1 is 1.00 bits per heavy atom. The summed E-state index contributed by atoms with van der Waals surface area (Å²) < 4.78 is 72.0. The third-order valence-corrected chi connectivity index (χ3v) is 0.985. The van der Waals surface area contributed by atoms with E-state index in [2.05, 4.69) is 4.74 Å². The SMILES string of the molecule is CC[OH+]C(C(F)(F)F)C(F)(F)F. The van der Waals surface area contributed by atoms with Crippen molar-refractivity contribution < 1.29 is 31.1 Å². The minimum absolute atomic E-state index is 0.510. The second-order valence-corrected chi connectivity index (χ2v) is 1.98. The van der Waals surface area contributed by atoms with Gasteiger partial charge in [0.1, 0.15) is 6.61 Å². The second kappa shape index (κ2) is 3.51. The highest BCUT2D eigenvalue weighted by atomic mass is 19.4. The van der Waals surface area contributed by atoms with E-state index in [1.165, 1.54) is 0 Å². The van der Waals surface area contributed by atoms with E-state index in [1.54, 1.807) is 0 Å². The molecule has 0 radical (unpaired) electrons. The molecule has 7 heteroatoms. The largest absolute Gasteiger partial charge is 0.472 e. The van der Waals surface area contributed by atoms with Gasteiger partial charge in [-0.25, -0.2) is 0 Å². The fraction of sp³-hybridized carbons (Fsp3) is 1.00. The molecule has 0 aromatic carbocycles. The molecule has 0 aliphatic heterocycles. The lowest BCUT2D eigenvalue weighted by molar-refractivity contribution is -0.363. The van der Waals surface area contributed by atoms with Gasteiger partial charge in [-0.2, -0.15) is 26.3 Å². The molecule has 0 aromatic rings. The fourth-order valence-corrected chi connectivity index (χ4v) is 0.575. The van der Waals surface area contributed by atoms with E-state index in [4.69, 9.17) is 0 Å². The van der Waals surface area contributed by atoms with Crippen molar-refractivity contribution in [1.29, 1.82) is 0 Å². The number of hydrogen-bond donors (Lipinski definition) is 0. The Hall–Kier alpha value is -0.460. The Morgan fingerprint density at radius 3 is 1.42 bits per heavy atom. The van der Waals surface area contributed by atoms with Gasteiger partial charge < -0.3 is 4.74 Å². The summed E-state index contributed by atoms with van der Waals surface area (Å²) in [6.07, 6.45) is -14.2. The van der Waals surface area contributed by atoms with E-state index in [-0.39, 0.29) is 0 Å². The van der Waals surface area contributed by atoms with Gasteiger partial charge in [0.25, 0.3) is 0 Å². The van der Waals surface area contributed by atoms with E-state index >= 15 is 0 Å². The standard InChI is InChI=1S/C5H6F6O/c1-2-12-3(4(6,7)8)5(9,10)11/h3H,2H2,1H3/p+1. The Labute approximate surface area is 64.3 Å². The van der Waals surface area contributed by atoms with Crippen molar-refractivity contribution in [3.8, 4) is 0 Å². The molecule has 0 rings (SSSR count). The van der Waals surface area contributed by atoms with Crippen molar-refractivity contribution in [2.24, 2.45) is 0 Å². The van der Waals surface area contributed by atoms with Crippen molar-refractivity contribution in [1.82, 2.24) is 0 Å². The first-order valence-electron chi connectivity index (χ1n) is 2.99. The summed E-state index contributed by atoms with van der Waals surface area (Å²) >= 11 is 0. The van der Waals surface area contributed by atoms with E-state index < -0.39 is 25.1 Å². The van der Waals surface area contributed by atoms with Crippen LogP contribution < -0.4 is 0 Å². The molecule has 0 amide bonds. The van der Waals surface area contributed by atoms with Crippen LogP contribution in [-0.2, 0) is 0 Å². The van der Waals surface area contributed by atoms with Crippen molar-refractivity contribution in [3.05, 3.63) is 0 Å². The lowest BCUT2D eigenvalue weighted by Crippen LogP contribution is -2.46. The zero-order valence-corrected chi connectivity index (χ0v) is 6.00. The molecule has 1 nitrogen and oxygen atoms in total. The zero-order valence-electron chi connectivity index (χ0n) is 6.00. The van der Waals surface area contributed by atoms with Gasteiger partial charge >= 0.3 is 18.5 Å². The predicted octanol–water partition coefficient (Wildman–Crippen LogP) is 2.03. The Balaban J connectivity index is 4.45. The van der Waals surface area contributed by atoms with E-state index in [0.717, 1.165) is 6.92 Å². The molecule has 74 valence electrons. The van der Waals surface area contributed by atoms with Gasteiger partial charge in [-0.15, -0.1) is 0 Å². The first kappa shape index (κ1) is 11.5. The number of rotatable bonds is 2. The van der Waals surface area contributed by atoms with Crippen LogP contribution in [0.2, 0.25) is 0 Å². The van der Waals surface area contributed by atoms with Crippen LogP contribution in [-0.4, -0.2) is 29.8 Å². The smallest absolute Gasteiger partial charge is 0.418 e. The predicted molar refractivity (Wildman–Crippen MR) is 28.7 cm³/mol. The molecule has 1 N–H and O–H groups in total. The van der Waals surface area contributed by atoms with Gasteiger partial charge in [0.05, 0.1) is 0 Å². The molecule has 12 heavy (non-hydrogen) atoms. The fourth-order valence-electron chi connectivity index (χ4n) is 0.575. The average Bonchev–Trinajstić information content (AvgIpc) is 1.77. The Morgan fingerprint density at radius 2 is 1.33 bits per heavy atom. The number of alkyl halides is 6. The molecule has 0 fully saturated rings. The van der Waals surface area contributed by atoms with E-state index in [9.17, 15) is 26.3 Å². The zero-order chi connectivity index (χ0) is 9.99. The molecule has 0 bridgehead atoms. The highest BCUT2D eigenvalue weighted by Gasteiger charge is 2.62. The van der Waals surface area contributed by atoms with Gasteiger partial charge in [0, 0.05) is 6.92 Å². The maximum atomic E-state index is 11.6. The number of aliphatic hydroxyl groups is 2. The molecule has 0 spiro atoms. The van der Waals surface area contributed by atoms with Gasteiger partial charge in [-0.05, 0) is 0 Å². The normalized spacial score (nSPS) is 14.0. The highest BCUT2D eigenvalue weighted by molar-refractivity contribution is 4.74. The quantitative estimate of drug-likeness (QED) is 0.474. The van der Waals surface area contributed by atoms with Crippen LogP contribution in [0, 0.1) is 0 Å². The topological polar surface area (TPSA) is 12.8 Å². The van der Waals surface area contributed by atoms with Gasteiger partial charge in [0.2, 0.25) is 0 Å². The summed E-state index contributed by atoms with van der Waals surface area (Å²) in [7, 11) is 0. The van der Waals surface area contributed by atoms with Crippen molar-refractivity contribution in [3.63, 3.8) is 0 Å². The maximum absolute atomic E-state index is 11.6. The van der Waals surface area contributed by atoms with E-state index in [1.807, 2.05) is 0 Å². The third kappa shape index (κ3) is 3.29. The van der Waals surface area contributed by atoms with E-state index in [0.29, 0.717) is 0 Å². The van der Waals surface area contributed by atoms with Gasteiger partial charge in [-0.1, -0.05) is 0 Å². The van der Waals surface area contributed by atoms with Crippen LogP contribution >= 0.6 is 0 Å². The lowest BCUT2D eigenvalue weighted by atomic mass is 10.3. The van der Waals surface area contributed by atoms with Crippen molar-refractivity contribution >= 4 is 0 Å². The van der Waals surface area contributed by atoms with Crippen molar-refractivity contribution in [2.75, 3.05) is 6.61 Å². The minimum Gasteiger partial charge on any atom is -0.418 e. The van der Waals surface area contributed by atoms with Crippen LogP contribution in [0.5, 0.6) is 0 Å². The summed E-state index contributed by atoms with van der Waals surface area (Å²) in [5.41, 5.74) is 0. The third-order valence-electron chi connectivity index (χ3n) is 0.985. The molecule has 0 atom stereocenters. The summed E-state index contributed by atoms with van der Waals surface area (Å²) in [6.45, 7) is 0.605. The Kier molecular flexibility index (Phi) is 3.37. The summed E-state index contributed by atoms with van der Waals surface area (Å²) in [4.78, 5) is 0. The second-order valence-electron chi connectivity index (χ2n) is 1.98. The summed E-state index contributed by atoms with van der Waals surface area (Å²) in [5, 5.41) is 0. The molecule has 0 aromatic heterocycles. The number of halogens is 6. The lowest BCUT2D eigenvalue weighted by Gasteiger charge is -2.18. The molecule has 0 aliphatic carbocycles. The maximum Gasteiger partial charge on any atom is 0.472 e. The van der Waals surface area contributed by atoms with Gasteiger partial charge in [-0.3, -0.25) is 0 Å². The molecule has 0 saturated carbocycles. The van der Waals surface area contributed by atoms with Crippen LogP contribution in [0.25, 0.3) is 0 Å². The molecule has 0 aliphatic rings. The minimum atomic E-state index is -5.34. The van der Waals surface area contributed by atoms with Crippen LogP contribution in [0.1, 0.15) is 6.92 Å². The highest BCUT2D eigenvalue weighted by Crippen LogP contribution is 2.34. The first-order valence-corrected chi connectivity index (χ1v) is 2.99. The Bertz CT molecular complexity index is 122. The van der Waals surface area contributed by atoms with Crippen LogP contribution in [0.3, 0.4) is 0 Å². The summed E-state index contributed by atoms with van der Waals surface area (Å²) in [5.74, 6) is 0. The average molecular weight is 197 g/mol. The van der Waals surface area contributed by atoms with Crippen molar-refractivity contribution in [2.45, 2.75) is 25.4 Å². The molecule has 0 saturated heterocycles. The number of ether oxygens (including phenoxy) is 1. The summed E-state index contributed by atoms with van der Waals surface area (Å²) in [6, 6.07) is 0. The molecule has 0 unspecified atom stereocenters. The van der Waals surface area contributed by atoms with Crippen LogP contribution in [0.15, 0.2) is 0 Å². The molecule has 0 heterocycles. The first-order chi connectivity index (χ1) is 5.19.